The molecule has 0 unspecified atom stereocenters. The molecule has 1 aliphatic rings. The lowest BCUT2D eigenvalue weighted by Crippen LogP contribution is -2.30. The van der Waals surface area contributed by atoms with Gasteiger partial charge in [0.1, 0.15) is 0 Å². The Balaban J connectivity index is 1.44. The monoisotopic (exact) mass is 411 g/mol. The second kappa shape index (κ2) is 9.91. The summed E-state index contributed by atoms with van der Waals surface area (Å²) in [6.45, 7) is 3.72. The van der Waals surface area contributed by atoms with Crippen LogP contribution in [0.25, 0.3) is 0 Å². The van der Waals surface area contributed by atoms with Crippen LogP contribution in [0, 0.1) is 0 Å². The van der Waals surface area contributed by atoms with Crippen molar-refractivity contribution < 1.29 is 28.6 Å². The summed E-state index contributed by atoms with van der Waals surface area (Å²) >= 11 is 0. The lowest BCUT2D eigenvalue weighted by Gasteiger charge is -2.13. The number of Topliss-reactive ketones (excluding diaryl/α,β-unsaturated/α-hetero) is 1. The molecule has 0 spiro atoms. The van der Waals surface area contributed by atoms with Crippen LogP contribution in [0.1, 0.15) is 49.0 Å². The summed E-state index contributed by atoms with van der Waals surface area (Å²) in [5, 5.41) is 2.66. The fraction of sp³-hybridized carbons (Fsp3) is 0.348. The van der Waals surface area contributed by atoms with E-state index in [0.717, 1.165) is 12.8 Å². The predicted molar refractivity (Wildman–Crippen MR) is 111 cm³/mol. The molecule has 30 heavy (non-hydrogen) atoms. The summed E-state index contributed by atoms with van der Waals surface area (Å²) in [4.78, 5) is 36.6. The number of benzene rings is 2. The Bertz CT molecular complexity index is 922. The van der Waals surface area contributed by atoms with E-state index in [4.69, 9.17) is 14.2 Å². The zero-order chi connectivity index (χ0) is 21.5. The SMILES string of the molecule is CCCc1ccc(C(=O)CCC(=O)O[C@H](C)C(=O)Nc2ccc3c(c2)OCO3)cc1. The molecule has 2 aromatic carbocycles. The van der Waals surface area contributed by atoms with Gasteiger partial charge in [0, 0.05) is 23.7 Å². The summed E-state index contributed by atoms with van der Waals surface area (Å²) in [5.41, 5.74) is 2.25. The number of ketones is 1. The van der Waals surface area contributed by atoms with Gasteiger partial charge < -0.3 is 19.5 Å². The number of ether oxygens (including phenoxy) is 3. The molecule has 0 saturated carbocycles. The number of rotatable bonds is 9. The topological polar surface area (TPSA) is 90.9 Å². The van der Waals surface area contributed by atoms with Gasteiger partial charge in [-0.05, 0) is 31.0 Å². The molecule has 1 amide bonds. The minimum Gasteiger partial charge on any atom is -0.454 e. The molecule has 1 aliphatic heterocycles. The van der Waals surface area contributed by atoms with E-state index in [-0.39, 0.29) is 25.4 Å². The van der Waals surface area contributed by atoms with Crippen LogP contribution in [0.2, 0.25) is 0 Å². The van der Waals surface area contributed by atoms with Gasteiger partial charge in [-0.2, -0.15) is 0 Å². The van der Waals surface area contributed by atoms with Crippen LogP contribution in [0.4, 0.5) is 5.69 Å². The van der Waals surface area contributed by atoms with Crippen molar-refractivity contribution in [2.75, 3.05) is 12.1 Å². The van der Waals surface area contributed by atoms with Crippen molar-refractivity contribution in [2.45, 2.75) is 45.6 Å². The number of nitrogens with one attached hydrogen (secondary N) is 1. The maximum Gasteiger partial charge on any atom is 0.307 e. The molecule has 0 aromatic heterocycles. The molecule has 1 heterocycles. The summed E-state index contributed by atoms with van der Waals surface area (Å²) < 4.78 is 15.6. The lowest BCUT2D eigenvalue weighted by molar-refractivity contribution is -0.153. The summed E-state index contributed by atoms with van der Waals surface area (Å²) in [7, 11) is 0. The van der Waals surface area contributed by atoms with Gasteiger partial charge in [-0.3, -0.25) is 14.4 Å². The first kappa shape index (κ1) is 21.4. The number of aryl methyl sites for hydroxylation is 1. The van der Waals surface area contributed by atoms with Crippen LogP contribution in [0.5, 0.6) is 11.5 Å². The van der Waals surface area contributed by atoms with Crippen molar-refractivity contribution in [3.8, 4) is 11.5 Å². The third-order valence-electron chi connectivity index (χ3n) is 4.69. The van der Waals surface area contributed by atoms with Crippen molar-refractivity contribution in [3.63, 3.8) is 0 Å². The van der Waals surface area contributed by atoms with E-state index in [1.807, 2.05) is 12.1 Å². The molecular weight excluding hydrogens is 386 g/mol. The molecule has 0 radical (unpaired) electrons. The predicted octanol–water partition coefficient (Wildman–Crippen LogP) is 3.90. The van der Waals surface area contributed by atoms with E-state index in [2.05, 4.69) is 12.2 Å². The highest BCUT2D eigenvalue weighted by atomic mass is 16.7. The van der Waals surface area contributed by atoms with Crippen LogP contribution >= 0.6 is 0 Å². The summed E-state index contributed by atoms with van der Waals surface area (Å²) in [5.74, 6) is -0.0531. The average Bonchev–Trinajstić information content (AvgIpc) is 3.20. The largest absolute Gasteiger partial charge is 0.454 e. The molecule has 0 saturated heterocycles. The van der Waals surface area contributed by atoms with Gasteiger partial charge in [-0.1, -0.05) is 37.6 Å². The fourth-order valence-corrected chi connectivity index (χ4v) is 3.03. The van der Waals surface area contributed by atoms with Crippen molar-refractivity contribution in [1.82, 2.24) is 0 Å². The molecule has 1 atom stereocenters. The van der Waals surface area contributed by atoms with Gasteiger partial charge in [-0.25, -0.2) is 0 Å². The highest BCUT2D eigenvalue weighted by Gasteiger charge is 2.20. The van der Waals surface area contributed by atoms with Crippen molar-refractivity contribution in [3.05, 3.63) is 53.6 Å². The first-order valence-corrected chi connectivity index (χ1v) is 9.98. The number of fused-ring (bicyclic) bond motifs is 1. The molecule has 3 rings (SSSR count). The zero-order valence-corrected chi connectivity index (χ0v) is 17.1. The number of carbonyl (C=O) groups is 3. The minimum atomic E-state index is -0.994. The van der Waals surface area contributed by atoms with Gasteiger partial charge in [0.15, 0.2) is 23.4 Å². The van der Waals surface area contributed by atoms with E-state index < -0.39 is 18.0 Å². The maximum atomic E-state index is 12.3. The first-order chi connectivity index (χ1) is 14.5. The number of carbonyl (C=O) groups excluding carboxylic acids is 3. The second-order valence-corrected chi connectivity index (χ2v) is 7.06. The molecular formula is C23H25NO6. The highest BCUT2D eigenvalue weighted by Crippen LogP contribution is 2.34. The molecule has 0 bridgehead atoms. The number of anilines is 1. The summed E-state index contributed by atoms with van der Waals surface area (Å²) in [6, 6.07) is 12.4. The van der Waals surface area contributed by atoms with Gasteiger partial charge in [-0.15, -0.1) is 0 Å². The molecule has 2 aromatic rings. The molecule has 1 N–H and O–H groups in total. The van der Waals surface area contributed by atoms with E-state index in [1.54, 1.807) is 30.3 Å². The van der Waals surface area contributed by atoms with Crippen molar-refractivity contribution in [1.29, 1.82) is 0 Å². The Hall–Kier alpha value is -3.35. The standard InChI is InChI=1S/C23H25NO6/c1-3-4-16-5-7-17(8-6-16)19(25)10-12-22(26)30-15(2)23(27)24-18-9-11-20-21(13-18)29-14-28-20/h5-9,11,13,15H,3-4,10,12,14H2,1-2H3,(H,24,27)/t15-/m1/s1. The van der Waals surface area contributed by atoms with Crippen LogP contribution in [-0.2, 0) is 20.7 Å². The third kappa shape index (κ3) is 5.59. The van der Waals surface area contributed by atoms with E-state index in [0.29, 0.717) is 22.7 Å². The van der Waals surface area contributed by atoms with Gasteiger partial charge >= 0.3 is 5.97 Å². The lowest BCUT2D eigenvalue weighted by atomic mass is 10.0. The Morgan fingerprint density at radius 1 is 1.03 bits per heavy atom. The molecule has 158 valence electrons. The first-order valence-electron chi connectivity index (χ1n) is 9.98. The minimum absolute atomic E-state index is 0.0302. The normalized spacial score (nSPS) is 12.9. The quantitative estimate of drug-likeness (QED) is 0.497. The van der Waals surface area contributed by atoms with Crippen LogP contribution in [-0.4, -0.2) is 30.6 Å². The van der Waals surface area contributed by atoms with Crippen molar-refractivity contribution in [2.24, 2.45) is 0 Å². The molecule has 0 aliphatic carbocycles. The Morgan fingerprint density at radius 3 is 2.50 bits per heavy atom. The molecule has 7 heteroatoms. The Labute approximate surface area is 175 Å². The number of hydrogen-bond donors (Lipinski definition) is 1. The number of hydrogen-bond acceptors (Lipinski definition) is 6. The highest BCUT2D eigenvalue weighted by molar-refractivity contribution is 5.98. The number of amides is 1. The van der Waals surface area contributed by atoms with Gasteiger partial charge in [0.2, 0.25) is 6.79 Å². The van der Waals surface area contributed by atoms with E-state index in [1.165, 1.54) is 12.5 Å². The Morgan fingerprint density at radius 2 is 1.77 bits per heavy atom. The van der Waals surface area contributed by atoms with Crippen LogP contribution in [0.15, 0.2) is 42.5 Å². The van der Waals surface area contributed by atoms with E-state index >= 15 is 0 Å². The number of esters is 1. The Kier molecular flexibility index (Phi) is 7.06. The van der Waals surface area contributed by atoms with E-state index in [9.17, 15) is 14.4 Å². The van der Waals surface area contributed by atoms with Crippen molar-refractivity contribution >= 4 is 23.3 Å². The van der Waals surface area contributed by atoms with Crippen LogP contribution in [0.3, 0.4) is 0 Å². The third-order valence-corrected chi connectivity index (χ3v) is 4.69. The molecule has 0 fully saturated rings. The van der Waals surface area contributed by atoms with Gasteiger partial charge in [0.05, 0.1) is 6.42 Å². The maximum absolute atomic E-state index is 12.3. The summed E-state index contributed by atoms with van der Waals surface area (Å²) in [6.07, 6.45) is 0.956. The zero-order valence-electron chi connectivity index (χ0n) is 17.1. The van der Waals surface area contributed by atoms with Gasteiger partial charge in [0.25, 0.3) is 5.91 Å². The average molecular weight is 411 g/mol. The van der Waals surface area contributed by atoms with Crippen LogP contribution < -0.4 is 14.8 Å². The smallest absolute Gasteiger partial charge is 0.307 e. The fourth-order valence-electron chi connectivity index (χ4n) is 3.03. The second-order valence-electron chi connectivity index (χ2n) is 7.06. The molecule has 7 nitrogen and oxygen atoms in total.